The highest BCUT2D eigenvalue weighted by Crippen LogP contribution is 2.44. The van der Waals surface area contributed by atoms with E-state index in [1.54, 1.807) is 14.2 Å². The summed E-state index contributed by atoms with van der Waals surface area (Å²) in [6.45, 7) is 8.11. The van der Waals surface area contributed by atoms with Gasteiger partial charge in [0.15, 0.2) is 0 Å². The van der Waals surface area contributed by atoms with Gasteiger partial charge in [-0.1, -0.05) is 32.0 Å². The smallest absolute Gasteiger partial charge is 0.129 e. The summed E-state index contributed by atoms with van der Waals surface area (Å²) in [7, 11) is 6.33. The SMILES string of the molecule is C=NC1N(C)c2ccccc2C1(C)C.CO.COC. The summed E-state index contributed by atoms with van der Waals surface area (Å²) in [5, 5.41) is 7.00. The molecule has 1 N–H and O–H groups in total. The number of fused-ring (bicyclic) bond motifs is 1. The van der Waals surface area contributed by atoms with Crippen molar-refractivity contribution in [3.63, 3.8) is 0 Å². The predicted octanol–water partition coefficient (Wildman–Crippen LogP) is 2.31. The number of hydrogen-bond acceptors (Lipinski definition) is 4. The number of para-hydroxylation sites is 1. The fourth-order valence-corrected chi connectivity index (χ4v) is 2.43. The van der Waals surface area contributed by atoms with Crippen molar-refractivity contribution in [3.8, 4) is 0 Å². The molecule has 0 aromatic heterocycles. The van der Waals surface area contributed by atoms with E-state index >= 15 is 0 Å². The summed E-state index contributed by atoms with van der Waals surface area (Å²) in [4.78, 5) is 6.41. The number of aliphatic imine (C=N–C) groups is 1. The molecule has 0 radical (unpaired) electrons. The molecule has 1 aliphatic heterocycles. The number of aliphatic hydroxyl groups excluding tert-OH is 1. The molecule has 1 aliphatic rings. The van der Waals surface area contributed by atoms with Gasteiger partial charge in [-0.15, -0.1) is 0 Å². The molecule has 1 unspecified atom stereocenters. The molecule has 108 valence electrons. The lowest BCUT2D eigenvalue weighted by molar-refractivity contribution is 0.277. The molecule has 0 saturated carbocycles. The largest absolute Gasteiger partial charge is 0.400 e. The fourth-order valence-electron chi connectivity index (χ4n) is 2.43. The molecule has 1 heterocycles. The van der Waals surface area contributed by atoms with Crippen LogP contribution >= 0.6 is 0 Å². The average Bonchev–Trinajstić information content (AvgIpc) is 2.61. The first kappa shape index (κ1) is 17.6. The van der Waals surface area contributed by atoms with Crippen LogP contribution in [-0.4, -0.2) is 46.4 Å². The second-order valence-electron chi connectivity index (χ2n) is 4.81. The van der Waals surface area contributed by atoms with Gasteiger partial charge in [-0.05, 0) is 18.3 Å². The molecule has 4 heteroatoms. The van der Waals surface area contributed by atoms with E-state index in [1.165, 1.54) is 11.3 Å². The van der Waals surface area contributed by atoms with Gasteiger partial charge in [0.25, 0.3) is 0 Å². The van der Waals surface area contributed by atoms with Crippen LogP contribution in [0.15, 0.2) is 29.3 Å². The molecular weight excluding hydrogens is 240 g/mol. The zero-order chi connectivity index (χ0) is 15.1. The quantitative estimate of drug-likeness (QED) is 0.793. The minimum absolute atomic E-state index is 0.0626. The van der Waals surface area contributed by atoms with Gasteiger partial charge in [0.2, 0.25) is 0 Å². The maximum absolute atomic E-state index is 7.00. The number of anilines is 1. The summed E-state index contributed by atoms with van der Waals surface area (Å²) in [6.07, 6.45) is 0.153. The topological polar surface area (TPSA) is 45.1 Å². The van der Waals surface area contributed by atoms with Crippen LogP contribution in [0.1, 0.15) is 19.4 Å². The molecule has 0 fully saturated rings. The Morgan fingerprint density at radius 2 is 1.74 bits per heavy atom. The van der Waals surface area contributed by atoms with Crippen LogP contribution < -0.4 is 4.90 Å². The summed E-state index contributed by atoms with van der Waals surface area (Å²) in [5.41, 5.74) is 2.70. The Balaban J connectivity index is 0.000000573. The highest BCUT2D eigenvalue weighted by Gasteiger charge is 2.42. The predicted molar refractivity (Wildman–Crippen MR) is 82.3 cm³/mol. The van der Waals surface area contributed by atoms with Crippen LogP contribution in [0.25, 0.3) is 0 Å². The van der Waals surface area contributed by atoms with E-state index in [9.17, 15) is 0 Å². The molecule has 0 amide bonds. The van der Waals surface area contributed by atoms with Crippen LogP contribution in [-0.2, 0) is 10.2 Å². The zero-order valence-electron chi connectivity index (χ0n) is 12.8. The van der Waals surface area contributed by atoms with E-state index in [1.807, 2.05) is 0 Å². The number of rotatable bonds is 1. The van der Waals surface area contributed by atoms with Crippen molar-refractivity contribution in [1.82, 2.24) is 0 Å². The molecule has 0 spiro atoms. The maximum atomic E-state index is 7.00. The second kappa shape index (κ2) is 7.92. The number of methoxy groups -OCH3 is 1. The first-order chi connectivity index (χ1) is 9.00. The minimum Gasteiger partial charge on any atom is -0.400 e. The Kier molecular flexibility index (Phi) is 7.34. The number of hydrogen-bond donors (Lipinski definition) is 1. The molecule has 1 atom stereocenters. The van der Waals surface area contributed by atoms with E-state index < -0.39 is 0 Å². The third-order valence-electron chi connectivity index (χ3n) is 3.16. The number of nitrogens with zero attached hydrogens (tertiary/aromatic N) is 2. The first-order valence-electron chi connectivity index (χ1n) is 6.13. The number of likely N-dealkylation sites (N-methyl/N-ethyl adjacent to an activating group) is 1. The van der Waals surface area contributed by atoms with Gasteiger partial charge in [-0.3, -0.25) is 4.99 Å². The fraction of sp³-hybridized carbons (Fsp3) is 0.533. The van der Waals surface area contributed by atoms with Crippen molar-refractivity contribution in [2.75, 3.05) is 33.3 Å². The van der Waals surface area contributed by atoms with Crippen LogP contribution in [0.3, 0.4) is 0 Å². The zero-order valence-corrected chi connectivity index (χ0v) is 12.8. The molecule has 0 bridgehead atoms. The molecule has 0 saturated heterocycles. The average molecular weight is 266 g/mol. The summed E-state index contributed by atoms with van der Waals surface area (Å²) in [5.74, 6) is 0. The normalized spacial score (nSPS) is 18.5. The Morgan fingerprint density at radius 3 is 2.16 bits per heavy atom. The Labute approximate surface area is 116 Å². The molecule has 19 heavy (non-hydrogen) atoms. The summed E-state index contributed by atoms with van der Waals surface area (Å²) < 4.78 is 4.25. The summed E-state index contributed by atoms with van der Waals surface area (Å²) >= 11 is 0. The number of aliphatic hydroxyl groups is 1. The van der Waals surface area contributed by atoms with Crippen LogP contribution in [0.2, 0.25) is 0 Å². The number of benzene rings is 1. The van der Waals surface area contributed by atoms with Gasteiger partial charge in [-0.2, -0.15) is 0 Å². The molecule has 1 aromatic carbocycles. The van der Waals surface area contributed by atoms with Crippen LogP contribution in [0, 0.1) is 0 Å². The summed E-state index contributed by atoms with van der Waals surface area (Å²) in [6, 6.07) is 8.47. The lowest BCUT2D eigenvalue weighted by Crippen LogP contribution is -2.37. The first-order valence-corrected chi connectivity index (χ1v) is 6.13. The second-order valence-corrected chi connectivity index (χ2v) is 4.81. The molecule has 0 aliphatic carbocycles. The van der Waals surface area contributed by atoms with E-state index in [4.69, 9.17) is 5.11 Å². The number of ether oxygens (including phenoxy) is 1. The molecule has 2 rings (SSSR count). The van der Waals surface area contributed by atoms with E-state index in [0.717, 1.165) is 7.11 Å². The van der Waals surface area contributed by atoms with Gasteiger partial charge >= 0.3 is 0 Å². The van der Waals surface area contributed by atoms with Crippen molar-refractivity contribution < 1.29 is 9.84 Å². The van der Waals surface area contributed by atoms with E-state index in [-0.39, 0.29) is 11.6 Å². The lowest BCUT2D eigenvalue weighted by atomic mass is 9.84. The van der Waals surface area contributed by atoms with Crippen molar-refractivity contribution in [2.24, 2.45) is 4.99 Å². The Morgan fingerprint density at radius 1 is 1.26 bits per heavy atom. The lowest BCUT2D eigenvalue weighted by Gasteiger charge is -2.28. The van der Waals surface area contributed by atoms with E-state index in [0.29, 0.717) is 0 Å². The molecular formula is C15H26N2O2. The van der Waals surface area contributed by atoms with Crippen molar-refractivity contribution in [1.29, 1.82) is 0 Å². The third-order valence-corrected chi connectivity index (χ3v) is 3.16. The molecule has 4 nitrogen and oxygen atoms in total. The Bertz CT molecular complexity index is 391. The van der Waals surface area contributed by atoms with E-state index in [2.05, 4.69) is 66.5 Å². The standard InChI is InChI=1S/C12H16N2.C2H6O.CH4O/c1-12(2)9-7-5-6-8-10(9)14(4)11(12)13-3;1-3-2;1-2/h5-8,11H,3H2,1-2,4H3;1-2H3;2H,1H3. The van der Waals surface area contributed by atoms with Gasteiger partial charge in [-0.25, -0.2) is 0 Å². The highest BCUT2D eigenvalue weighted by atomic mass is 16.4. The highest BCUT2D eigenvalue weighted by molar-refractivity contribution is 5.63. The van der Waals surface area contributed by atoms with Gasteiger partial charge in [0, 0.05) is 39.5 Å². The van der Waals surface area contributed by atoms with Gasteiger partial charge in [0.05, 0.1) is 0 Å². The van der Waals surface area contributed by atoms with Gasteiger partial charge < -0.3 is 14.7 Å². The monoisotopic (exact) mass is 266 g/mol. The van der Waals surface area contributed by atoms with Crippen molar-refractivity contribution in [2.45, 2.75) is 25.4 Å². The Hall–Kier alpha value is -1.39. The van der Waals surface area contributed by atoms with Crippen LogP contribution in [0.4, 0.5) is 5.69 Å². The minimum atomic E-state index is 0.0626. The van der Waals surface area contributed by atoms with Gasteiger partial charge in [0.1, 0.15) is 6.17 Å². The third kappa shape index (κ3) is 3.55. The van der Waals surface area contributed by atoms with Crippen LogP contribution in [0.5, 0.6) is 0 Å². The molecule has 1 aromatic rings. The van der Waals surface area contributed by atoms with Crippen molar-refractivity contribution >= 4 is 12.4 Å². The van der Waals surface area contributed by atoms with Crippen molar-refractivity contribution in [3.05, 3.63) is 29.8 Å². The maximum Gasteiger partial charge on any atom is 0.129 e.